The molecule has 2 rings (SSSR count). The highest BCUT2D eigenvalue weighted by Crippen LogP contribution is 2.36. The first-order valence-corrected chi connectivity index (χ1v) is 13.0. The third kappa shape index (κ3) is 7.58. The second kappa shape index (κ2) is 11.7. The molecule has 0 radical (unpaired) electrons. The molecule has 10 N–H and O–H groups in total. The van der Waals surface area contributed by atoms with Crippen molar-refractivity contribution in [2.45, 2.75) is 53.9 Å². The van der Waals surface area contributed by atoms with Crippen LogP contribution in [0.2, 0.25) is 0 Å². The van der Waals surface area contributed by atoms with E-state index in [0.717, 1.165) is 5.56 Å². The minimum Gasteiger partial charge on any atom is -0.401 e. The molecular weight excluding hydrogens is 466 g/mol. The van der Waals surface area contributed by atoms with Crippen molar-refractivity contribution in [2.24, 2.45) is 39.2 Å². The highest BCUT2D eigenvalue weighted by Gasteiger charge is 2.32. The van der Waals surface area contributed by atoms with Gasteiger partial charge in [0.2, 0.25) is 0 Å². The fourth-order valence-electron chi connectivity index (χ4n) is 3.94. The van der Waals surface area contributed by atoms with Crippen LogP contribution in [0.3, 0.4) is 0 Å². The summed E-state index contributed by atoms with van der Waals surface area (Å²) in [6.45, 7) is 14.5. The van der Waals surface area contributed by atoms with Gasteiger partial charge in [0.15, 0.2) is 0 Å². The maximum absolute atomic E-state index is 6.73. The zero-order valence-electron chi connectivity index (χ0n) is 24.1. The normalized spacial score (nSPS) is 32.9. The van der Waals surface area contributed by atoms with E-state index in [1.165, 1.54) is 0 Å². The highest BCUT2D eigenvalue weighted by atomic mass is 14.7. The lowest BCUT2D eigenvalue weighted by Crippen LogP contribution is -2.35. The lowest BCUT2D eigenvalue weighted by molar-refractivity contribution is 0.524. The van der Waals surface area contributed by atoms with Crippen LogP contribution in [-0.4, -0.2) is 0 Å². The van der Waals surface area contributed by atoms with Gasteiger partial charge in [-0.2, -0.15) is 0 Å². The van der Waals surface area contributed by atoms with Crippen LogP contribution < -0.4 is 28.7 Å². The second-order valence-electron chi connectivity index (χ2n) is 11.9. The molecule has 0 atom stereocenters. The molecule has 204 valence electrons. The van der Waals surface area contributed by atoms with Gasteiger partial charge in [-0.05, 0) is 62.8 Å². The van der Waals surface area contributed by atoms with Crippen LogP contribution in [0.25, 0.3) is 0 Å². The van der Waals surface area contributed by atoms with Crippen molar-refractivity contribution in [1.82, 2.24) is 0 Å². The molecule has 0 aliphatic heterocycles. The number of allylic oxidation sites excluding steroid dienone is 12. The standard InChI is InChI=1S/C33H47N5/c1-30(2)20-8-12-26(35)32(5,6)27(36)13-9-21-31(3,4)23-11-15-29(38)33(7,28(37)14-10-22-30)24-16-18-25(34)19-17-24/h8-23H,34-38H2,1-7H3/b20-8+,21-9+,22-10+,23-11+,26-12-,27-13-,28-14-,29-15-. The van der Waals surface area contributed by atoms with E-state index >= 15 is 0 Å². The SMILES string of the molecule is CC1(C)/C=C/C=C(\N)C(C)(C)/C(N)=C/C=C/C(C)(C)/C=C/C=C(\N)C(C)(c2ccc(N)cc2)/C(N)=C/C=C/1. The molecule has 0 saturated heterocycles. The van der Waals surface area contributed by atoms with Crippen molar-refractivity contribution in [2.75, 3.05) is 5.73 Å². The van der Waals surface area contributed by atoms with Gasteiger partial charge in [0, 0.05) is 44.7 Å². The number of benzene rings is 1. The molecule has 0 heterocycles. The van der Waals surface area contributed by atoms with Crippen LogP contribution >= 0.6 is 0 Å². The molecule has 0 spiro atoms. The summed E-state index contributed by atoms with van der Waals surface area (Å²) in [6, 6.07) is 7.67. The minimum absolute atomic E-state index is 0.240. The maximum Gasteiger partial charge on any atom is 0.0712 e. The van der Waals surface area contributed by atoms with Crippen molar-refractivity contribution in [1.29, 1.82) is 0 Å². The number of anilines is 1. The van der Waals surface area contributed by atoms with E-state index in [2.05, 4.69) is 52.0 Å². The Labute approximate surface area is 229 Å². The number of rotatable bonds is 1. The third-order valence-electron chi connectivity index (χ3n) is 7.29. The van der Waals surface area contributed by atoms with E-state index in [1.54, 1.807) is 0 Å². The van der Waals surface area contributed by atoms with Crippen LogP contribution in [-0.2, 0) is 5.41 Å². The monoisotopic (exact) mass is 513 g/mol. The van der Waals surface area contributed by atoms with E-state index in [4.69, 9.17) is 28.7 Å². The molecule has 38 heavy (non-hydrogen) atoms. The summed E-state index contributed by atoms with van der Waals surface area (Å²) >= 11 is 0. The topological polar surface area (TPSA) is 130 Å². The van der Waals surface area contributed by atoms with Crippen molar-refractivity contribution in [3.8, 4) is 0 Å². The van der Waals surface area contributed by atoms with E-state index in [9.17, 15) is 0 Å². The average molecular weight is 514 g/mol. The molecule has 0 unspecified atom stereocenters. The number of nitrogens with two attached hydrogens (primary N) is 5. The average Bonchev–Trinajstić information content (AvgIpc) is 2.82. The van der Waals surface area contributed by atoms with Gasteiger partial charge < -0.3 is 28.7 Å². The van der Waals surface area contributed by atoms with Gasteiger partial charge in [0.1, 0.15) is 0 Å². The summed E-state index contributed by atoms with van der Waals surface area (Å²) in [4.78, 5) is 0. The summed E-state index contributed by atoms with van der Waals surface area (Å²) in [6.07, 6.45) is 23.9. The molecule has 1 aromatic rings. The Hall–Kier alpha value is -3.86. The Morgan fingerprint density at radius 2 is 0.763 bits per heavy atom. The fraction of sp³-hybridized carbons (Fsp3) is 0.333. The predicted octanol–water partition coefficient (Wildman–Crippen LogP) is 6.21. The second-order valence-corrected chi connectivity index (χ2v) is 11.9. The van der Waals surface area contributed by atoms with Crippen molar-refractivity contribution in [3.05, 3.63) is 126 Å². The van der Waals surface area contributed by atoms with Gasteiger partial charge in [-0.15, -0.1) is 0 Å². The summed E-state index contributed by atoms with van der Waals surface area (Å²) in [5, 5.41) is 0. The predicted molar refractivity (Wildman–Crippen MR) is 165 cm³/mol. The maximum atomic E-state index is 6.73. The molecule has 5 nitrogen and oxygen atoms in total. The summed E-state index contributed by atoms with van der Waals surface area (Å²) in [7, 11) is 0. The number of hydrogen-bond donors (Lipinski definition) is 5. The summed E-state index contributed by atoms with van der Waals surface area (Å²) < 4.78 is 0. The summed E-state index contributed by atoms with van der Waals surface area (Å²) in [5.41, 5.74) is 34.9. The minimum atomic E-state index is -0.733. The molecule has 1 aliphatic rings. The smallest absolute Gasteiger partial charge is 0.0712 e. The molecule has 5 heteroatoms. The first kappa shape index (κ1) is 30.4. The van der Waals surface area contributed by atoms with Crippen LogP contribution in [0.5, 0.6) is 0 Å². The largest absolute Gasteiger partial charge is 0.401 e. The Bertz CT molecular complexity index is 1160. The number of nitrogen functional groups attached to an aromatic ring is 1. The van der Waals surface area contributed by atoms with Crippen LogP contribution in [0, 0.1) is 16.2 Å². The zero-order valence-corrected chi connectivity index (χ0v) is 24.1. The Morgan fingerprint density at radius 3 is 1.11 bits per heavy atom. The summed E-state index contributed by atoms with van der Waals surface area (Å²) in [5.74, 6) is 0. The van der Waals surface area contributed by atoms with E-state index < -0.39 is 10.8 Å². The Kier molecular flexibility index (Phi) is 9.33. The van der Waals surface area contributed by atoms with Gasteiger partial charge in [-0.3, -0.25) is 0 Å². The van der Waals surface area contributed by atoms with E-state index in [-0.39, 0.29) is 10.8 Å². The van der Waals surface area contributed by atoms with Gasteiger partial charge in [-0.1, -0.05) is 88.4 Å². The van der Waals surface area contributed by atoms with Crippen molar-refractivity contribution >= 4 is 5.69 Å². The molecular formula is C33H47N5. The van der Waals surface area contributed by atoms with E-state index in [0.29, 0.717) is 28.5 Å². The Balaban J connectivity index is 2.69. The van der Waals surface area contributed by atoms with Crippen molar-refractivity contribution in [3.63, 3.8) is 0 Å². The van der Waals surface area contributed by atoms with Gasteiger partial charge >= 0.3 is 0 Å². The quantitative estimate of drug-likeness (QED) is 0.285. The first-order valence-electron chi connectivity index (χ1n) is 13.0. The molecule has 0 aromatic heterocycles. The van der Waals surface area contributed by atoms with Crippen LogP contribution in [0.4, 0.5) is 5.69 Å². The zero-order chi connectivity index (χ0) is 28.8. The lowest BCUT2D eigenvalue weighted by atomic mass is 9.76. The third-order valence-corrected chi connectivity index (χ3v) is 7.29. The van der Waals surface area contributed by atoms with Crippen molar-refractivity contribution < 1.29 is 0 Å². The van der Waals surface area contributed by atoms with E-state index in [1.807, 2.05) is 93.6 Å². The van der Waals surface area contributed by atoms with Gasteiger partial charge in [0.05, 0.1) is 5.41 Å². The van der Waals surface area contributed by atoms with Crippen LogP contribution in [0.15, 0.2) is 120 Å². The molecule has 0 amide bonds. The van der Waals surface area contributed by atoms with Gasteiger partial charge in [0.25, 0.3) is 0 Å². The molecule has 0 saturated carbocycles. The molecule has 1 aromatic carbocycles. The molecule has 1 aliphatic carbocycles. The molecule has 0 fully saturated rings. The molecule has 0 bridgehead atoms. The van der Waals surface area contributed by atoms with Crippen LogP contribution in [0.1, 0.15) is 54.0 Å². The first-order chi connectivity index (χ1) is 17.5. The highest BCUT2D eigenvalue weighted by molar-refractivity contribution is 5.50. The Morgan fingerprint density at radius 1 is 0.447 bits per heavy atom. The lowest BCUT2D eigenvalue weighted by Gasteiger charge is -2.32. The number of hydrogen-bond acceptors (Lipinski definition) is 5. The fourth-order valence-corrected chi connectivity index (χ4v) is 3.94. The van der Waals surface area contributed by atoms with Gasteiger partial charge in [-0.25, -0.2) is 0 Å².